The lowest BCUT2D eigenvalue weighted by Gasteiger charge is -2.37. The maximum Gasteiger partial charge on any atom is 0.222 e. The molecule has 1 aromatic rings. The summed E-state index contributed by atoms with van der Waals surface area (Å²) in [5.74, 6) is 0. The number of rotatable bonds is 5. The lowest BCUT2D eigenvalue weighted by molar-refractivity contribution is 0.277. The van der Waals surface area contributed by atoms with Crippen LogP contribution in [0.5, 0.6) is 0 Å². The third-order valence-electron chi connectivity index (χ3n) is 3.06. The molecule has 107 valence electrons. The molecular formula is C17H29OSi. The average molecular weight is 278 g/mol. The summed E-state index contributed by atoms with van der Waals surface area (Å²) < 4.78 is 6.29. The Morgan fingerprint density at radius 3 is 1.89 bits per heavy atom. The van der Waals surface area contributed by atoms with Crippen LogP contribution in [0.3, 0.4) is 0 Å². The highest BCUT2D eigenvalue weighted by Gasteiger charge is 2.39. The molecule has 19 heavy (non-hydrogen) atoms. The maximum absolute atomic E-state index is 6.29. The van der Waals surface area contributed by atoms with Gasteiger partial charge in [-0.1, -0.05) is 71.9 Å². The molecule has 0 amide bonds. The van der Waals surface area contributed by atoms with Crippen LogP contribution in [0.15, 0.2) is 30.3 Å². The lowest BCUT2D eigenvalue weighted by Crippen LogP contribution is -2.38. The number of hydrogen-bond acceptors (Lipinski definition) is 1. The fourth-order valence-electron chi connectivity index (χ4n) is 2.65. The molecule has 0 aliphatic carbocycles. The van der Waals surface area contributed by atoms with E-state index in [0.717, 1.165) is 19.4 Å². The van der Waals surface area contributed by atoms with Gasteiger partial charge in [-0.15, -0.1) is 0 Å². The van der Waals surface area contributed by atoms with Gasteiger partial charge >= 0.3 is 0 Å². The highest BCUT2D eigenvalue weighted by atomic mass is 28.3. The third kappa shape index (κ3) is 5.92. The van der Waals surface area contributed by atoms with Crippen LogP contribution in [0, 0.1) is 0 Å². The van der Waals surface area contributed by atoms with Crippen LogP contribution in [0.2, 0.25) is 10.1 Å². The highest BCUT2D eigenvalue weighted by molar-refractivity contribution is 6.58. The van der Waals surface area contributed by atoms with Gasteiger partial charge in [0.05, 0.1) is 0 Å². The van der Waals surface area contributed by atoms with E-state index in [0.29, 0.717) is 0 Å². The maximum atomic E-state index is 6.29. The Morgan fingerprint density at radius 1 is 0.895 bits per heavy atom. The smallest absolute Gasteiger partial charge is 0.222 e. The summed E-state index contributed by atoms with van der Waals surface area (Å²) in [6.45, 7) is 14.7. The van der Waals surface area contributed by atoms with Gasteiger partial charge in [0.2, 0.25) is 9.04 Å². The highest BCUT2D eigenvalue weighted by Crippen LogP contribution is 2.42. The molecule has 0 aliphatic heterocycles. The quantitative estimate of drug-likeness (QED) is 0.529. The monoisotopic (exact) mass is 277 g/mol. The van der Waals surface area contributed by atoms with Gasteiger partial charge in [0.1, 0.15) is 0 Å². The van der Waals surface area contributed by atoms with E-state index in [-0.39, 0.29) is 10.1 Å². The average Bonchev–Trinajstić information content (AvgIpc) is 2.26. The van der Waals surface area contributed by atoms with Gasteiger partial charge in [0.15, 0.2) is 0 Å². The largest absolute Gasteiger partial charge is 0.416 e. The van der Waals surface area contributed by atoms with Gasteiger partial charge in [0.25, 0.3) is 0 Å². The van der Waals surface area contributed by atoms with Crippen molar-refractivity contribution in [2.24, 2.45) is 0 Å². The summed E-state index contributed by atoms with van der Waals surface area (Å²) in [5, 5.41) is 0.575. The van der Waals surface area contributed by atoms with Crippen molar-refractivity contribution >= 4 is 9.04 Å². The summed E-state index contributed by atoms with van der Waals surface area (Å²) >= 11 is 0. The Bertz CT molecular complexity index is 345. The predicted molar refractivity (Wildman–Crippen MR) is 85.9 cm³/mol. The van der Waals surface area contributed by atoms with Gasteiger partial charge in [-0.25, -0.2) is 0 Å². The van der Waals surface area contributed by atoms with Crippen LogP contribution < -0.4 is 0 Å². The second-order valence-corrected chi connectivity index (χ2v) is 11.2. The van der Waals surface area contributed by atoms with Crippen molar-refractivity contribution in [2.45, 2.75) is 64.5 Å². The minimum absolute atomic E-state index is 0.287. The molecule has 2 heteroatoms. The molecule has 1 aromatic carbocycles. The van der Waals surface area contributed by atoms with Crippen molar-refractivity contribution in [1.82, 2.24) is 0 Å². The Labute approximate surface area is 121 Å². The van der Waals surface area contributed by atoms with Gasteiger partial charge < -0.3 is 4.43 Å². The molecule has 0 unspecified atom stereocenters. The molecule has 1 rings (SSSR count). The molecular weight excluding hydrogens is 248 g/mol. The van der Waals surface area contributed by atoms with Crippen LogP contribution in [0.4, 0.5) is 0 Å². The van der Waals surface area contributed by atoms with E-state index in [1.807, 2.05) is 0 Å². The van der Waals surface area contributed by atoms with Crippen molar-refractivity contribution in [1.29, 1.82) is 0 Å². The van der Waals surface area contributed by atoms with E-state index in [4.69, 9.17) is 4.43 Å². The first-order chi connectivity index (χ1) is 8.71. The van der Waals surface area contributed by atoms with E-state index in [1.165, 1.54) is 5.56 Å². The first-order valence-corrected chi connectivity index (χ1v) is 8.67. The molecule has 0 saturated carbocycles. The van der Waals surface area contributed by atoms with Crippen LogP contribution in [-0.4, -0.2) is 15.6 Å². The Morgan fingerprint density at radius 2 is 1.42 bits per heavy atom. The summed E-state index contributed by atoms with van der Waals surface area (Å²) in [6, 6.07) is 10.7. The molecule has 0 fully saturated rings. The Balaban J connectivity index is 2.42. The van der Waals surface area contributed by atoms with E-state index in [1.54, 1.807) is 0 Å². The first kappa shape index (κ1) is 16.5. The standard InChI is InChI=1S/C17H29OSi/c1-16(2,3)19(17(4,5)6)18-14-10-13-15-11-8-7-9-12-15/h7-9,11-12H,10,13-14H2,1-6H3. The van der Waals surface area contributed by atoms with Gasteiger partial charge in [0, 0.05) is 6.61 Å². The van der Waals surface area contributed by atoms with Crippen LogP contribution in [0.25, 0.3) is 0 Å². The minimum Gasteiger partial charge on any atom is -0.416 e. The molecule has 0 atom stereocenters. The van der Waals surface area contributed by atoms with Crippen molar-refractivity contribution in [3.8, 4) is 0 Å². The molecule has 0 aliphatic rings. The molecule has 1 radical (unpaired) electrons. The molecule has 0 spiro atoms. The van der Waals surface area contributed by atoms with Crippen LogP contribution in [0.1, 0.15) is 53.5 Å². The summed E-state index contributed by atoms with van der Waals surface area (Å²) in [4.78, 5) is 0. The number of hydrogen-bond donors (Lipinski definition) is 0. The summed E-state index contributed by atoms with van der Waals surface area (Å²) in [6.07, 6.45) is 2.23. The fraction of sp³-hybridized carbons (Fsp3) is 0.647. The predicted octanol–water partition coefficient (Wildman–Crippen LogP) is 5.23. The first-order valence-electron chi connectivity index (χ1n) is 7.26. The molecule has 1 nitrogen and oxygen atoms in total. The summed E-state index contributed by atoms with van der Waals surface area (Å²) in [7, 11) is -0.830. The SMILES string of the molecule is CC(C)(C)[Si](OCCCc1ccccc1)C(C)(C)C. The zero-order valence-corrected chi connectivity index (χ0v) is 14.4. The van der Waals surface area contributed by atoms with E-state index >= 15 is 0 Å². The summed E-state index contributed by atoms with van der Waals surface area (Å²) in [5.41, 5.74) is 1.41. The van der Waals surface area contributed by atoms with Gasteiger partial charge in [-0.05, 0) is 28.5 Å². The van der Waals surface area contributed by atoms with Crippen molar-refractivity contribution in [2.75, 3.05) is 6.61 Å². The normalized spacial score (nSPS) is 13.0. The fourth-order valence-corrected chi connectivity index (χ4v) is 6.12. The molecule has 0 heterocycles. The zero-order valence-electron chi connectivity index (χ0n) is 13.4. The lowest BCUT2D eigenvalue weighted by atomic mass is 10.1. The zero-order chi connectivity index (χ0) is 14.5. The molecule has 0 N–H and O–H groups in total. The van der Waals surface area contributed by atoms with Crippen LogP contribution >= 0.6 is 0 Å². The van der Waals surface area contributed by atoms with E-state index in [9.17, 15) is 0 Å². The number of benzene rings is 1. The van der Waals surface area contributed by atoms with Crippen LogP contribution in [-0.2, 0) is 10.8 Å². The third-order valence-corrected chi connectivity index (χ3v) is 6.28. The second-order valence-electron chi connectivity index (χ2n) is 7.27. The molecule has 0 aromatic heterocycles. The van der Waals surface area contributed by atoms with E-state index in [2.05, 4.69) is 71.9 Å². The minimum atomic E-state index is -0.830. The Hall–Kier alpha value is -0.603. The molecule has 0 bridgehead atoms. The van der Waals surface area contributed by atoms with Crippen molar-refractivity contribution < 1.29 is 4.43 Å². The van der Waals surface area contributed by atoms with Crippen molar-refractivity contribution in [3.63, 3.8) is 0 Å². The van der Waals surface area contributed by atoms with Gasteiger partial charge in [-0.3, -0.25) is 0 Å². The number of aryl methyl sites for hydroxylation is 1. The second kappa shape index (κ2) is 6.71. The molecule has 0 saturated heterocycles. The van der Waals surface area contributed by atoms with E-state index < -0.39 is 9.04 Å². The van der Waals surface area contributed by atoms with Crippen molar-refractivity contribution in [3.05, 3.63) is 35.9 Å². The van der Waals surface area contributed by atoms with Gasteiger partial charge in [-0.2, -0.15) is 0 Å². The topological polar surface area (TPSA) is 9.23 Å². The Kier molecular flexibility index (Phi) is 5.81.